The molecule has 2 aromatic carbocycles. The monoisotopic (exact) mass is 267 g/mol. The molecule has 1 saturated carbocycles. The van der Waals surface area contributed by atoms with Gasteiger partial charge >= 0.3 is 0 Å². The molecule has 20 heavy (non-hydrogen) atoms. The average Bonchev–Trinajstić information content (AvgIpc) is 2.44. The smallest absolute Gasteiger partial charge is 0.127 e. The first-order valence-electron chi connectivity index (χ1n) is 7.43. The Morgan fingerprint density at radius 3 is 2.25 bits per heavy atom. The van der Waals surface area contributed by atoms with Gasteiger partial charge in [0.25, 0.3) is 0 Å². The van der Waals surface area contributed by atoms with E-state index in [0.717, 1.165) is 30.5 Å². The van der Waals surface area contributed by atoms with Gasteiger partial charge in [0.05, 0.1) is 0 Å². The third-order valence-electron chi connectivity index (χ3n) is 3.89. The van der Waals surface area contributed by atoms with Gasteiger partial charge in [-0.3, -0.25) is 0 Å². The van der Waals surface area contributed by atoms with Crippen LogP contribution in [0, 0.1) is 5.92 Å². The van der Waals surface area contributed by atoms with Crippen molar-refractivity contribution in [2.75, 3.05) is 6.54 Å². The molecule has 0 bridgehead atoms. The molecule has 2 aromatic rings. The second-order valence-electron chi connectivity index (χ2n) is 5.49. The van der Waals surface area contributed by atoms with Gasteiger partial charge < -0.3 is 10.1 Å². The Morgan fingerprint density at radius 1 is 0.900 bits per heavy atom. The minimum absolute atomic E-state index is 0.878. The largest absolute Gasteiger partial charge is 0.457 e. The van der Waals surface area contributed by atoms with E-state index in [1.165, 1.54) is 24.8 Å². The van der Waals surface area contributed by atoms with Crippen LogP contribution in [-0.2, 0) is 6.54 Å². The first kappa shape index (κ1) is 13.2. The third-order valence-corrected chi connectivity index (χ3v) is 3.89. The SMILES string of the molecule is c1ccc(Oc2ccc(CNCC3CCC3)cc2)cc1. The summed E-state index contributed by atoms with van der Waals surface area (Å²) < 4.78 is 5.78. The zero-order valence-electron chi connectivity index (χ0n) is 11.7. The van der Waals surface area contributed by atoms with Crippen molar-refractivity contribution in [2.24, 2.45) is 5.92 Å². The molecular weight excluding hydrogens is 246 g/mol. The summed E-state index contributed by atoms with van der Waals surface area (Å²) in [5.74, 6) is 2.68. The molecule has 2 heteroatoms. The van der Waals surface area contributed by atoms with Crippen LogP contribution in [0.25, 0.3) is 0 Å². The van der Waals surface area contributed by atoms with E-state index in [1.54, 1.807) is 0 Å². The van der Waals surface area contributed by atoms with E-state index < -0.39 is 0 Å². The fourth-order valence-corrected chi connectivity index (χ4v) is 2.42. The van der Waals surface area contributed by atoms with Gasteiger partial charge in [0.2, 0.25) is 0 Å². The lowest BCUT2D eigenvalue weighted by molar-refractivity contribution is 0.301. The molecule has 2 nitrogen and oxygen atoms in total. The molecule has 1 fully saturated rings. The topological polar surface area (TPSA) is 21.3 Å². The maximum atomic E-state index is 5.78. The highest BCUT2D eigenvalue weighted by Gasteiger charge is 2.16. The van der Waals surface area contributed by atoms with Crippen LogP contribution < -0.4 is 10.1 Å². The molecule has 0 saturated heterocycles. The van der Waals surface area contributed by atoms with Gasteiger partial charge in [0.1, 0.15) is 11.5 Å². The molecule has 0 heterocycles. The second kappa shape index (κ2) is 6.58. The lowest BCUT2D eigenvalue weighted by atomic mass is 9.85. The van der Waals surface area contributed by atoms with Crippen molar-refractivity contribution in [3.8, 4) is 11.5 Å². The summed E-state index contributed by atoms with van der Waals surface area (Å²) in [6.07, 6.45) is 4.21. The predicted octanol–water partition coefficient (Wildman–Crippen LogP) is 4.37. The van der Waals surface area contributed by atoms with Crippen LogP contribution in [0.15, 0.2) is 54.6 Å². The quantitative estimate of drug-likeness (QED) is 0.839. The van der Waals surface area contributed by atoms with Crippen LogP contribution in [0.4, 0.5) is 0 Å². The van der Waals surface area contributed by atoms with E-state index >= 15 is 0 Å². The molecule has 104 valence electrons. The Bertz CT molecular complexity index is 517. The van der Waals surface area contributed by atoms with E-state index in [-0.39, 0.29) is 0 Å². The van der Waals surface area contributed by atoms with Crippen LogP contribution in [-0.4, -0.2) is 6.54 Å². The van der Waals surface area contributed by atoms with Crippen LogP contribution in [0.2, 0.25) is 0 Å². The molecule has 0 atom stereocenters. The van der Waals surface area contributed by atoms with E-state index in [1.807, 2.05) is 42.5 Å². The minimum Gasteiger partial charge on any atom is -0.457 e. The van der Waals surface area contributed by atoms with Gasteiger partial charge in [-0.1, -0.05) is 36.8 Å². The van der Waals surface area contributed by atoms with Gasteiger partial charge in [-0.25, -0.2) is 0 Å². The van der Waals surface area contributed by atoms with Gasteiger partial charge in [-0.2, -0.15) is 0 Å². The number of ether oxygens (including phenoxy) is 1. The number of hydrogen-bond acceptors (Lipinski definition) is 2. The van der Waals surface area contributed by atoms with Crippen LogP contribution >= 0.6 is 0 Å². The van der Waals surface area contributed by atoms with Crippen LogP contribution in [0.3, 0.4) is 0 Å². The molecular formula is C18H21NO. The summed E-state index contributed by atoms with van der Waals surface area (Å²) in [6.45, 7) is 2.10. The number of nitrogens with one attached hydrogen (secondary N) is 1. The molecule has 1 aliphatic carbocycles. The Morgan fingerprint density at radius 2 is 1.60 bits per heavy atom. The predicted molar refractivity (Wildman–Crippen MR) is 82.0 cm³/mol. The zero-order chi connectivity index (χ0) is 13.6. The maximum absolute atomic E-state index is 5.78. The van der Waals surface area contributed by atoms with E-state index in [2.05, 4.69) is 17.4 Å². The molecule has 0 aromatic heterocycles. The summed E-state index contributed by atoms with van der Waals surface area (Å²) in [5, 5.41) is 3.53. The van der Waals surface area contributed by atoms with Crippen molar-refractivity contribution in [1.82, 2.24) is 5.32 Å². The minimum atomic E-state index is 0.878. The number of para-hydroxylation sites is 1. The highest BCUT2D eigenvalue weighted by Crippen LogP contribution is 2.25. The Balaban J connectivity index is 1.49. The van der Waals surface area contributed by atoms with Gasteiger partial charge in [0.15, 0.2) is 0 Å². The Labute approximate surface area is 120 Å². The summed E-state index contributed by atoms with van der Waals surface area (Å²) in [4.78, 5) is 0. The molecule has 3 rings (SSSR count). The van der Waals surface area contributed by atoms with Crippen molar-refractivity contribution >= 4 is 0 Å². The first-order valence-corrected chi connectivity index (χ1v) is 7.43. The zero-order valence-corrected chi connectivity index (χ0v) is 11.7. The summed E-state index contributed by atoms with van der Waals surface area (Å²) >= 11 is 0. The van der Waals surface area contributed by atoms with Crippen LogP contribution in [0.5, 0.6) is 11.5 Å². The maximum Gasteiger partial charge on any atom is 0.127 e. The van der Waals surface area contributed by atoms with Crippen molar-refractivity contribution in [3.63, 3.8) is 0 Å². The molecule has 1 N–H and O–H groups in total. The van der Waals surface area contributed by atoms with Crippen molar-refractivity contribution in [1.29, 1.82) is 0 Å². The van der Waals surface area contributed by atoms with E-state index in [9.17, 15) is 0 Å². The molecule has 0 aliphatic heterocycles. The summed E-state index contributed by atoms with van der Waals surface area (Å²) in [6, 6.07) is 18.2. The Hall–Kier alpha value is -1.80. The van der Waals surface area contributed by atoms with Gasteiger partial charge in [-0.15, -0.1) is 0 Å². The summed E-state index contributed by atoms with van der Waals surface area (Å²) in [7, 11) is 0. The van der Waals surface area contributed by atoms with E-state index in [4.69, 9.17) is 4.74 Å². The van der Waals surface area contributed by atoms with Crippen LogP contribution in [0.1, 0.15) is 24.8 Å². The molecule has 1 aliphatic rings. The first-order chi connectivity index (χ1) is 9.90. The number of hydrogen-bond donors (Lipinski definition) is 1. The normalized spacial score (nSPS) is 14.8. The standard InChI is InChI=1S/C18H21NO/c1-2-7-17(8-3-1)20-18-11-9-16(10-12-18)14-19-13-15-5-4-6-15/h1-3,7-12,15,19H,4-6,13-14H2. The highest BCUT2D eigenvalue weighted by molar-refractivity contribution is 5.32. The lowest BCUT2D eigenvalue weighted by Crippen LogP contribution is -2.26. The number of benzene rings is 2. The molecule has 0 spiro atoms. The van der Waals surface area contributed by atoms with Crippen molar-refractivity contribution in [2.45, 2.75) is 25.8 Å². The molecule has 0 amide bonds. The third kappa shape index (κ3) is 3.61. The number of rotatable bonds is 6. The average molecular weight is 267 g/mol. The van der Waals surface area contributed by atoms with Crippen molar-refractivity contribution < 1.29 is 4.74 Å². The highest BCUT2D eigenvalue weighted by atomic mass is 16.5. The van der Waals surface area contributed by atoms with Crippen molar-refractivity contribution in [3.05, 3.63) is 60.2 Å². The molecule has 0 radical (unpaired) electrons. The molecule has 0 unspecified atom stereocenters. The second-order valence-corrected chi connectivity index (χ2v) is 5.49. The fourth-order valence-electron chi connectivity index (χ4n) is 2.42. The summed E-state index contributed by atoms with van der Waals surface area (Å²) in [5.41, 5.74) is 1.31. The van der Waals surface area contributed by atoms with Gasteiger partial charge in [0, 0.05) is 6.54 Å². The Kier molecular flexibility index (Phi) is 4.34. The van der Waals surface area contributed by atoms with Gasteiger partial charge in [-0.05, 0) is 55.1 Å². The van der Waals surface area contributed by atoms with E-state index in [0.29, 0.717) is 0 Å². The lowest BCUT2D eigenvalue weighted by Gasteiger charge is -2.25. The fraction of sp³-hybridized carbons (Fsp3) is 0.333.